The Bertz CT molecular complexity index is 817. The molecule has 6 nitrogen and oxygen atoms in total. The molecule has 0 saturated heterocycles. The lowest BCUT2D eigenvalue weighted by atomic mass is 9.96. The van der Waals surface area contributed by atoms with Crippen molar-refractivity contribution in [2.75, 3.05) is 19.7 Å². The maximum atomic E-state index is 12.7. The SMILES string of the molecule is CCCCN1CCn2nc(CNC(=O)C3CCOc4ccccc4C3)cc2C1. The highest BCUT2D eigenvalue weighted by Crippen LogP contribution is 2.26. The molecule has 2 aromatic rings. The van der Waals surface area contributed by atoms with E-state index in [0.29, 0.717) is 13.2 Å². The molecule has 0 saturated carbocycles. The van der Waals surface area contributed by atoms with Crippen LogP contribution in [0.2, 0.25) is 0 Å². The third-order valence-electron chi connectivity index (χ3n) is 5.73. The molecule has 2 aliphatic rings. The lowest BCUT2D eigenvalue weighted by Crippen LogP contribution is -2.34. The summed E-state index contributed by atoms with van der Waals surface area (Å²) in [7, 11) is 0. The van der Waals surface area contributed by atoms with Gasteiger partial charge in [0, 0.05) is 19.0 Å². The van der Waals surface area contributed by atoms with Crippen LogP contribution in [0, 0.1) is 5.92 Å². The van der Waals surface area contributed by atoms with Crippen LogP contribution >= 0.6 is 0 Å². The van der Waals surface area contributed by atoms with Gasteiger partial charge in [-0.05, 0) is 43.5 Å². The van der Waals surface area contributed by atoms with Crippen molar-refractivity contribution in [2.45, 2.75) is 52.2 Å². The number of rotatable bonds is 6. The summed E-state index contributed by atoms with van der Waals surface area (Å²) in [5.41, 5.74) is 3.32. The minimum Gasteiger partial charge on any atom is -0.493 e. The fourth-order valence-corrected chi connectivity index (χ4v) is 4.08. The third-order valence-corrected chi connectivity index (χ3v) is 5.73. The average molecular weight is 383 g/mol. The summed E-state index contributed by atoms with van der Waals surface area (Å²) in [4.78, 5) is 15.2. The topological polar surface area (TPSA) is 59.4 Å². The molecule has 0 aliphatic carbocycles. The van der Waals surface area contributed by atoms with Gasteiger partial charge < -0.3 is 10.1 Å². The van der Waals surface area contributed by atoms with Gasteiger partial charge in [0.25, 0.3) is 0 Å². The summed E-state index contributed by atoms with van der Waals surface area (Å²) < 4.78 is 7.88. The van der Waals surface area contributed by atoms with E-state index in [1.54, 1.807) is 0 Å². The van der Waals surface area contributed by atoms with E-state index in [2.05, 4.69) is 39.1 Å². The van der Waals surface area contributed by atoms with Crippen molar-refractivity contribution in [1.29, 1.82) is 0 Å². The van der Waals surface area contributed by atoms with Gasteiger partial charge in [-0.15, -0.1) is 0 Å². The maximum absolute atomic E-state index is 12.7. The van der Waals surface area contributed by atoms with E-state index in [1.165, 1.54) is 18.5 Å². The monoisotopic (exact) mass is 382 g/mol. The lowest BCUT2D eigenvalue weighted by molar-refractivity contribution is -0.125. The number of hydrogen-bond acceptors (Lipinski definition) is 4. The number of para-hydroxylation sites is 1. The van der Waals surface area contributed by atoms with Crippen molar-refractivity contribution in [2.24, 2.45) is 5.92 Å². The molecule has 0 spiro atoms. The first-order valence-corrected chi connectivity index (χ1v) is 10.5. The van der Waals surface area contributed by atoms with Crippen molar-refractivity contribution >= 4 is 5.91 Å². The number of aromatic nitrogens is 2. The molecular formula is C22H30N4O2. The Balaban J connectivity index is 1.33. The maximum Gasteiger partial charge on any atom is 0.223 e. The van der Waals surface area contributed by atoms with E-state index in [9.17, 15) is 4.79 Å². The predicted octanol–water partition coefficient (Wildman–Crippen LogP) is 2.76. The number of benzene rings is 1. The van der Waals surface area contributed by atoms with Gasteiger partial charge in [0.05, 0.1) is 31.1 Å². The largest absolute Gasteiger partial charge is 0.493 e. The number of hydrogen-bond donors (Lipinski definition) is 1. The zero-order valence-corrected chi connectivity index (χ0v) is 16.7. The second-order valence-electron chi connectivity index (χ2n) is 7.84. The molecule has 4 rings (SSSR count). The molecule has 0 fully saturated rings. The molecule has 1 aromatic carbocycles. The van der Waals surface area contributed by atoms with Gasteiger partial charge in [-0.25, -0.2) is 0 Å². The van der Waals surface area contributed by atoms with Crippen molar-refractivity contribution in [3.05, 3.63) is 47.3 Å². The normalized spacial score (nSPS) is 19.2. The molecule has 0 radical (unpaired) electrons. The molecule has 1 amide bonds. The van der Waals surface area contributed by atoms with Gasteiger partial charge in [0.2, 0.25) is 5.91 Å². The van der Waals surface area contributed by atoms with Gasteiger partial charge in [-0.3, -0.25) is 14.4 Å². The highest BCUT2D eigenvalue weighted by Gasteiger charge is 2.24. The van der Waals surface area contributed by atoms with Crippen molar-refractivity contribution in [3.8, 4) is 5.75 Å². The Morgan fingerprint density at radius 3 is 3.11 bits per heavy atom. The van der Waals surface area contributed by atoms with Gasteiger partial charge in [-0.1, -0.05) is 31.5 Å². The van der Waals surface area contributed by atoms with Crippen LogP contribution in [0.4, 0.5) is 0 Å². The van der Waals surface area contributed by atoms with E-state index in [1.807, 2.05) is 18.2 Å². The van der Waals surface area contributed by atoms with Crippen molar-refractivity contribution in [1.82, 2.24) is 20.0 Å². The van der Waals surface area contributed by atoms with E-state index < -0.39 is 0 Å². The van der Waals surface area contributed by atoms with Crippen LogP contribution in [0.1, 0.15) is 43.1 Å². The fraction of sp³-hybridized carbons (Fsp3) is 0.545. The Morgan fingerprint density at radius 2 is 2.21 bits per heavy atom. The van der Waals surface area contributed by atoms with Gasteiger partial charge in [-0.2, -0.15) is 5.10 Å². The predicted molar refractivity (Wildman–Crippen MR) is 108 cm³/mol. The smallest absolute Gasteiger partial charge is 0.223 e. The fourth-order valence-electron chi connectivity index (χ4n) is 4.08. The van der Waals surface area contributed by atoms with Crippen molar-refractivity contribution in [3.63, 3.8) is 0 Å². The quantitative estimate of drug-likeness (QED) is 0.835. The summed E-state index contributed by atoms with van der Waals surface area (Å²) in [5, 5.41) is 7.79. The molecule has 3 heterocycles. The third kappa shape index (κ3) is 4.38. The minimum atomic E-state index is -0.0505. The van der Waals surface area contributed by atoms with Crippen LogP contribution in [-0.4, -0.2) is 40.3 Å². The minimum absolute atomic E-state index is 0.0505. The molecule has 28 heavy (non-hydrogen) atoms. The molecular weight excluding hydrogens is 352 g/mol. The van der Waals surface area contributed by atoms with Crippen LogP contribution in [0.15, 0.2) is 30.3 Å². The van der Waals surface area contributed by atoms with Gasteiger partial charge in [0.15, 0.2) is 0 Å². The zero-order chi connectivity index (χ0) is 19.3. The van der Waals surface area contributed by atoms with E-state index >= 15 is 0 Å². The van der Waals surface area contributed by atoms with Crippen molar-refractivity contribution < 1.29 is 9.53 Å². The van der Waals surface area contributed by atoms with Crippen LogP contribution in [0.5, 0.6) is 5.75 Å². The van der Waals surface area contributed by atoms with E-state index in [4.69, 9.17) is 4.74 Å². The van der Waals surface area contributed by atoms with Crippen LogP contribution < -0.4 is 10.1 Å². The average Bonchev–Trinajstić information content (AvgIpc) is 2.99. The first-order chi connectivity index (χ1) is 13.7. The highest BCUT2D eigenvalue weighted by molar-refractivity contribution is 5.79. The van der Waals surface area contributed by atoms with Crippen LogP contribution in [-0.2, 0) is 30.8 Å². The Morgan fingerprint density at radius 1 is 1.32 bits per heavy atom. The first-order valence-electron chi connectivity index (χ1n) is 10.5. The molecule has 1 unspecified atom stereocenters. The molecule has 1 N–H and O–H groups in total. The second kappa shape index (κ2) is 8.78. The number of carbonyl (C=O) groups is 1. The molecule has 1 aromatic heterocycles. The highest BCUT2D eigenvalue weighted by atomic mass is 16.5. The molecule has 2 aliphatic heterocycles. The Hall–Kier alpha value is -2.34. The number of nitrogens with zero attached hydrogens (tertiary/aromatic N) is 3. The number of ether oxygens (including phenoxy) is 1. The number of fused-ring (bicyclic) bond motifs is 2. The second-order valence-corrected chi connectivity index (χ2v) is 7.84. The summed E-state index contributed by atoms with van der Waals surface area (Å²) in [6, 6.07) is 10.2. The zero-order valence-electron chi connectivity index (χ0n) is 16.7. The van der Waals surface area contributed by atoms with Gasteiger partial charge >= 0.3 is 0 Å². The molecule has 6 heteroatoms. The number of nitrogens with one attached hydrogen (secondary N) is 1. The number of carbonyl (C=O) groups excluding carboxylic acids is 1. The number of unbranched alkanes of at least 4 members (excludes halogenated alkanes) is 1. The lowest BCUT2D eigenvalue weighted by Gasteiger charge is -2.27. The van der Waals surface area contributed by atoms with Gasteiger partial charge in [0.1, 0.15) is 5.75 Å². The summed E-state index contributed by atoms with van der Waals surface area (Å²) >= 11 is 0. The standard InChI is InChI=1S/C22H30N4O2/c1-2-3-9-25-10-11-26-20(16-25)14-19(24-26)15-23-22(27)18-8-12-28-21-7-5-4-6-17(21)13-18/h4-7,14,18H,2-3,8-13,15-16H2,1H3,(H,23,27). The van der Waals surface area contributed by atoms with E-state index in [0.717, 1.165) is 56.0 Å². The summed E-state index contributed by atoms with van der Waals surface area (Å²) in [5.74, 6) is 0.952. The molecule has 150 valence electrons. The summed E-state index contributed by atoms with van der Waals surface area (Å²) in [6.07, 6.45) is 3.94. The Labute approximate surface area is 166 Å². The summed E-state index contributed by atoms with van der Waals surface area (Å²) in [6.45, 7) is 7.41. The van der Waals surface area contributed by atoms with E-state index in [-0.39, 0.29) is 11.8 Å². The molecule has 1 atom stereocenters. The van der Waals surface area contributed by atoms with Crippen LogP contribution in [0.3, 0.4) is 0 Å². The first kappa shape index (κ1) is 19.0. The van der Waals surface area contributed by atoms with Crippen LogP contribution in [0.25, 0.3) is 0 Å². The Kier molecular flexibility index (Phi) is 5.95. The number of amides is 1. The molecule has 0 bridgehead atoms.